The van der Waals surface area contributed by atoms with E-state index in [1.54, 1.807) is 26.8 Å². The van der Waals surface area contributed by atoms with Crippen LogP contribution in [-0.4, -0.2) is 43.9 Å². The first kappa shape index (κ1) is 30.2. The van der Waals surface area contributed by atoms with Gasteiger partial charge in [0.15, 0.2) is 11.5 Å². The highest BCUT2D eigenvalue weighted by atomic mass is 16.6. The van der Waals surface area contributed by atoms with E-state index in [2.05, 4.69) is 0 Å². The van der Waals surface area contributed by atoms with Gasteiger partial charge in [0.25, 0.3) is 0 Å². The quantitative estimate of drug-likeness (QED) is 0.184. The molecule has 7 heteroatoms. The van der Waals surface area contributed by atoms with E-state index < -0.39 is 29.1 Å². The van der Waals surface area contributed by atoms with Crippen molar-refractivity contribution in [3.05, 3.63) is 131 Å². The Morgan fingerprint density at radius 2 is 1.19 bits per heavy atom. The van der Waals surface area contributed by atoms with E-state index in [1.165, 1.54) is 17.0 Å². The van der Waals surface area contributed by atoms with Gasteiger partial charge in [0, 0.05) is 12.0 Å². The van der Waals surface area contributed by atoms with Crippen LogP contribution in [0.4, 0.5) is 4.79 Å². The number of carbonyl (C=O) groups is 2. The van der Waals surface area contributed by atoms with Crippen LogP contribution in [0.1, 0.15) is 43.0 Å². The highest BCUT2D eigenvalue weighted by molar-refractivity contribution is 5.83. The number of benzene rings is 4. The standard InChI is InChI=1S/C35H37NO6/c1-34(2,3)42-33(41)36(24-27-17-11-6-12-18-27)31(32(39)40)35(22-25-13-7-4-8-14-25,23-26-15-9-5-10-16-26)28-19-20-29(37)30(38)21-28/h4-21,31,37-38H,22-24H2,1-3H3,(H,39,40)/t31-/m1/s1. The van der Waals surface area contributed by atoms with Gasteiger partial charge in [-0.25, -0.2) is 9.59 Å². The summed E-state index contributed by atoms with van der Waals surface area (Å²) in [6, 6.07) is 31.0. The zero-order valence-corrected chi connectivity index (χ0v) is 24.1. The number of rotatable bonds is 10. The first-order chi connectivity index (χ1) is 20.0. The predicted molar refractivity (Wildman–Crippen MR) is 161 cm³/mol. The van der Waals surface area contributed by atoms with E-state index in [0.29, 0.717) is 5.56 Å². The van der Waals surface area contributed by atoms with Gasteiger partial charge >= 0.3 is 12.1 Å². The minimum Gasteiger partial charge on any atom is -0.504 e. The van der Waals surface area contributed by atoms with Crippen LogP contribution >= 0.6 is 0 Å². The largest absolute Gasteiger partial charge is 0.504 e. The molecule has 1 amide bonds. The van der Waals surface area contributed by atoms with Gasteiger partial charge in [-0.1, -0.05) is 97.1 Å². The maximum atomic E-state index is 14.0. The second-order valence-electron chi connectivity index (χ2n) is 11.5. The number of nitrogens with zero attached hydrogens (tertiary/aromatic N) is 1. The Bertz CT molecular complexity index is 1440. The van der Waals surface area contributed by atoms with Crippen molar-refractivity contribution >= 4 is 12.1 Å². The van der Waals surface area contributed by atoms with Crippen LogP contribution in [0.5, 0.6) is 11.5 Å². The fourth-order valence-corrected chi connectivity index (χ4v) is 5.40. The third-order valence-corrected chi connectivity index (χ3v) is 7.17. The van der Waals surface area contributed by atoms with E-state index >= 15 is 0 Å². The summed E-state index contributed by atoms with van der Waals surface area (Å²) in [5, 5.41) is 31.9. The number of aliphatic carboxylic acids is 1. The van der Waals surface area contributed by atoms with Crippen molar-refractivity contribution in [3.63, 3.8) is 0 Å². The number of phenolic OH excluding ortho intramolecular Hbond substituents is 2. The lowest BCUT2D eigenvalue weighted by Crippen LogP contribution is -2.59. The van der Waals surface area contributed by atoms with E-state index in [4.69, 9.17) is 4.74 Å². The van der Waals surface area contributed by atoms with Gasteiger partial charge in [0.2, 0.25) is 0 Å². The summed E-state index contributed by atoms with van der Waals surface area (Å²) in [7, 11) is 0. The summed E-state index contributed by atoms with van der Waals surface area (Å²) in [6.45, 7) is 5.18. The van der Waals surface area contributed by atoms with Crippen LogP contribution in [0, 0.1) is 0 Å². The summed E-state index contributed by atoms with van der Waals surface area (Å²) < 4.78 is 5.81. The summed E-state index contributed by atoms with van der Waals surface area (Å²) in [5.41, 5.74) is 0.682. The van der Waals surface area contributed by atoms with Gasteiger partial charge in [-0.2, -0.15) is 0 Å². The fourth-order valence-electron chi connectivity index (χ4n) is 5.40. The molecule has 0 aromatic heterocycles. The molecule has 0 bridgehead atoms. The fraction of sp³-hybridized carbons (Fsp3) is 0.257. The van der Waals surface area contributed by atoms with Crippen molar-refractivity contribution in [1.29, 1.82) is 0 Å². The average Bonchev–Trinajstić information content (AvgIpc) is 2.94. The molecule has 4 aromatic carbocycles. The van der Waals surface area contributed by atoms with Crippen molar-refractivity contribution in [2.75, 3.05) is 0 Å². The number of amides is 1. The molecule has 1 atom stereocenters. The van der Waals surface area contributed by atoms with E-state index in [-0.39, 0.29) is 30.9 Å². The second kappa shape index (κ2) is 12.8. The van der Waals surface area contributed by atoms with Crippen LogP contribution in [0.15, 0.2) is 109 Å². The summed E-state index contributed by atoms with van der Waals surface area (Å²) in [5.74, 6) is -1.93. The van der Waals surface area contributed by atoms with E-state index in [9.17, 15) is 24.9 Å². The lowest BCUT2D eigenvalue weighted by Gasteiger charge is -2.45. The molecule has 0 aliphatic rings. The minimum absolute atomic E-state index is 0.0257. The van der Waals surface area contributed by atoms with Crippen LogP contribution in [0.25, 0.3) is 0 Å². The zero-order chi connectivity index (χ0) is 30.3. The Kier molecular flexibility index (Phi) is 9.21. The molecule has 218 valence electrons. The Labute approximate surface area is 246 Å². The molecule has 42 heavy (non-hydrogen) atoms. The molecule has 0 heterocycles. The Hall–Kier alpha value is -4.78. The molecular formula is C35H37NO6. The van der Waals surface area contributed by atoms with Gasteiger partial charge in [0.1, 0.15) is 11.6 Å². The summed E-state index contributed by atoms with van der Waals surface area (Å²) >= 11 is 0. The van der Waals surface area contributed by atoms with Gasteiger partial charge in [-0.05, 0) is 68.0 Å². The van der Waals surface area contributed by atoms with Crippen LogP contribution < -0.4 is 0 Å². The Morgan fingerprint density at radius 3 is 1.62 bits per heavy atom. The molecule has 0 saturated heterocycles. The maximum Gasteiger partial charge on any atom is 0.411 e. The molecule has 0 aliphatic carbocycles. The molecule has 3 N–H and O–H groups in total. The number of hydrogen-bond acceptors (Lipinski definition) is 5. The third kappa shape index (κ3) is 7.29. The SMILES string of the molecule is CC(C)(C)OC(=O)N(Cc1ccccc1)[C@H](C(=O)O)C(Cc1ccccc1)(Cc1ccccc1)c1ccc(O)c(O)c1. The molecule has 4 aromatic rings. The number of ether oxygens (including phenoxy) is 1. The molecule has 0 aliphatic heterocycles. The first-order valence-corrected chi connectivity index (χ1v) is 13.9. The maximum absolute atomic E-state index is 14.0. The van der Waals surface area contributed by atoms with Crippen LogP contribution in [-0.2, 0) is 34.3 Å². The minimum atomic E-state index is -1.45. The van der Waals surface area contributed by atoms with E-state index in [0.717, 1.165) is 16.7 Å². The lowest BCUT2D eigenvalue weighted by molar-refractivity contribution is -0.146. The topological polar surface area (TPSA) is 107 Å². The van der Waals surface area contributed by atoms with Crippen molar-refractivity contribution in [2.24, 2.45) is 0 Å². The monoisotopic (exact) mass is 567 g/mol. The number of aromatic hydroxyl groups is 2. The highest BCUT2D eigenvalue weighted by Crippen LogP contribution is 2.42. The van der Waals surface area contributed by atoms with Gasteiger partial charge in [0.05, 0.1) is 0 Å². The van der Waals surface area contributed by atoms with Crippen molar-refractivity contribution in [3.8, 4) is 11.5 Å². The molecule has 0 radical (unpaired) electrons. The normalized spacial score (nSPS) is 12.4. The number of carbonyl (C=O) groups excluding carboxylic acids is 1. The van der Waals surface area contributed by atoms with Crippen molar-refractivity contribution < 1.29 is 29.6 Å². The molecule has 0 spiro atoms. The van der Waals surface area contributed by atoms with Crippen LogP contribution in [0.2, 0.25) is 0 Å². The Balaban J connectivity index is 2.02. The molecular weight excluding hydrogens is 530 g/mol. The second-order valence-corrected chi connectivity index (χ2v) is 11.5. The molecule has 0 unspecified atom stereocenters. The predicted octanol–water partition coefficient (Wildman–Crippen LogP) is 6.71. The van der Waals surface area contributed by atoms with Gasteiger partial charge < -0.3 is 20.1 Å². The highest BCUT2D eigenvalue weighted by Gasteiger charge is 2.50. The smallest absolute Gasteiger partial charge is 0.411 e. The summed E-state index contributed by atoms with van der Waals surface area (Å²) in [4.78, 5) is 28.8. The third-order valence-electron chi connectivity index (χ3n) is 7.17. The van der Waals surface area contributed by atoms with Crippen LogP contribution in [0.3, 0.4) is 0 Å². The average molecular weight is 568 g/mol. The van der Waals surface area contributed by atoms with E-state index in [1.807, 2.05) is 91.0 Å². The molecule has 0 saturated carbocycles. The number of phenols is 2. The van der Waals surface area contributed by atoms with Gasteiger partial charge in [-0.15, -0.1) is 0 Å². The molecule has 7 nitrogen and oxygen atoms in total. The summed E-state index contributed by atoms with van der Waals surface area (Å²) in [6.07, 6.45) is -0.358. The first-order valence-electron chi connectivity index (χ1n) is 13.9. The molecule has 4 rings (SSSR count). The number of carboxylic acids is 1. The van der Waals surface area contributed by atoms with Gasteiger partial charge in [-0.3, -0.25) is 4.90 Å². The zero-order valence-electron chi connectivity index (χ0n) is 24.1. The van der Waals surface area contributed by atoms with Crippen molar-refractivity contribution in [2.45, 2.75) is 57.2 Å². The lowest BCUT2D eigenvalue weighted by atomic mass is 9.65. The number of carboxylic acid groups (broad SMARTS) is 1. The molecule has 0 fully saturated rings. The Morgan fingerprint density at radius 1 is 0.714 bits per heavy atom. The number of hydrogen-bond donors (Lipinski definition) is 3. The van der Waals surface area contributed by atoms with Crippen molar-refractivity contribution in [1.82, 2.24) is 4.90 Å².